The number of carbonyl (C=O) groups excluding carboxylic acids is 1. The van der Waals surface area contributed by atoms with Gasteiger partial charge in [-0.1, -0.05) is 25.1 Å². The van der Waals surface area contributed by atoms with Crippen LogP contribution in [-0.2, 0) is 20.7 Å². The third-order valence-corrected chi connectivity index (χ3v) is 8.73. The van der Waals surface area contributed by atoms with E-state index in [9.17, 15) is 14.3 Å². The van der Waals surface area contributed by atoms with Crippen LogP contribution in [0.3, 0.4) is 0 Å². The lowest BCUT2D eigenvalue weighted by molar-refractivity contribution is -0.141. The third kappa shape index (κ3) is 6.80. The Labute approximate surface area is 242 Å². The van der Waals surface area contributed by atoms with Crippen molar-refractivity contribution in [3.05, 3.63) is 41.5 Å². The van der Waals surface area contributed by atoms with Crippen LogP contribution in [0.4, 0.5) is 4.39 Å². The monoisotopic (exact) mass is 572 g/mol. The molecule has 226 valence electrons. The molecule has 1 aliphatic carbocycles. The molecule has 1 aromatic heterocycles. The fourth-order valence-corrected chi connectivity index (χ4v) is 6.63. The number of piperidine rings is 1. The molecule has 41 heavy (non-hydrogen) atoms. The van der Waals surface area contributed by atoms with Crippen molar-refractivity contribution < 1.29 is 23.8 Å². The fraction of sp³-hybridized carbons (Fsp3) is 0.700. The molecule has 3 aliphatic rings. The minimum Gasteiger partial charge on any atom is -0.385 e. The number of nitrogens with zero attached hydrogens (tertiary/aromatic N) is 5. The minimum atomic E-state index is -0.961. The molecule has 5 rings (SSSR count). The molecule has 1 saturated carbocycles. The number of halogens is 1. The molecule has 1 amide bonds. The fourth-order valence-electron chi connectivity index (χ4n) is 6.63. The Morgan fingerprint density at radius 2 is 2.10 bits per heavy atom. The summed E-state index contributed by atoms with van der Waals surface area (Å²) in [6.45, 7) is 9.62. The molecule has 1 spiro atoms. The average Bonchev–Trinajstić information content (AvgIpc) is 3.47. The van der Waals surface area contributed by atoms with E-state index in [4.69, 9.17) is 9.47 Å². The number of ether oxygens (including phenoxy) is 2. The van der Waals surface area contributed by atoms with Crippen LogP contribution in [0, 0.1) is 23.1 Å². The van der Waals surface area contributed by atoms with E-state index in [0.29, 0.717) is 69.7 Å². The van der Waals surface area contributed by atoms with Gasteiger partial charge in [0.15, 0.2) is 6.23 Å². The van der Waals surface area contributed by atoms with Crippen LogP contribution in [0.15, 0.2) is 24.3 Å². The topological polar surface area (TPSA) is 105 Å². The summed E-state index contributed by atoms with van der Waals surface area (Å²) in [4.78, 5) is 17.4. The van der Waals surface area contributed by atoms with E-state index in [0.717, 1.165) is 37.9 Å². The van der Waals surface area contributed by atoms with Crippen molar-refractivity contribution in [1.29, 1.82) is 0 Å². The Hall–Kier alpha value is -2.44. The van der Waals surface area contributed by atoms with Gasteiger partial charge < -0.3 is 24.8 Å². The van der Waals surface area contributed by atoms with Gasteiger partial charge in [0, 0.05) is 57.9 Å². The van der Waals surface area contributed by atoms with Gasteiger partial charge in [-0.25, -0.2) is 9.07 Å². The van der Waals surface area contributed by atoms with Gasteiger partial charge in [0.25, 0.3) is 0 Å². The third-order valence-electron chi connectivity index (χ3n) is 8.73. The summed E-state index contributed by atoms with van der Waals surface area (Å²) in [5.74, 6) is 0.0961. The van der Waals surface area contributed by atoms with Crippen molar-refractivity contribution in [2.75, 3.05) is 59.7 Å². The lowest BCUT2D eigenvalue weighted by Crippen LogP contribution is -2.51. The first-order chi connectivity index (χ1) is 19.8. The zero-order chi connectivity index (χ0) is 29.0. The molecule has 0 radical (unpaired) electrons. The molecule has 0 bridgehead atoms. The normalized spacial score (nSPS) is 25.3. The van der Waals surface area contributed by atoms with Crippen LogP contribution in [0.2, 0.25) is 0 Å². The lowest BCUT2D eigenvalue weighted by atomic mass is 9.86. The summed E-state index contributed by atoms with van der Waals surface area (Å²) in [6, 6.07) is 6.41. The van der Waals surface area contributed by atoms with Crippen molar-refractivity contribution in [2.45, 2.75) is 58.2 Å². The number of carbonyl (C=O) groups is 1. The van der Waals surface area contributed by atoms with Crippen molar-refractivity contribution in [3.63, 3.8) is 0 Å². The van der Waals surface area contributed by atoms with E-state index < -0.39 is 6.23 Å². The molecular formula is C30H45FN6O4. The first-order valence-electron chi connectivity index (χ1n) is 15.0. The molecule has 3 unspecified atom stereocenters. The number of aromatic nitrogens is 3. The molecule has 1 aromatic carbocycles. The molecule has 3 heterocycles. The van der Waals surface area contributed by atoms with Crippen LogP contribution in [-0.4, -0.2) is 102 Å². The van der Waals surface area contributed by atoms with E-state index in [1.165, 1.54) is 12.1 Å². The van der Waals surface area contributed by atoms with Gasteiger partial charge in [0.2, 0.25) is 5.91 Å². The molecule has 2 aliphatic heterocycles. The molecule has 11 heteroatoms. The zero-order valence-electron chi connectivity index (χ0n) is 24.6. The summed E-state index contributed by atoms with van der Waals surface area (Å²) in [7, 11) is 1.68. The standard InChI is InChI=1S/C30H45FN6O4/c1-21(2)19-36(26-17-30(26)16-22(18-32-20-30)28(38)35-10-13-41-14-11-35)29(39)27-25(9-4-5-12-40-3)37(34-33-27)24-8-6-7-23(31)15-24/h6-8,15,21-22,26,29,32,39H,4-5,9-14,16-20H2,1-3H3/t22-,26?,29?,30?/m1/s1. The Balaban J connectivity index is 1.38. The highest BCUT2D eigenvalue weighted by molar-refractivity contribution is 5.79. The van der Waals surface area contributed by atoms with Crippen molar-refractivity contribution in [1.82, 2.24) is 30.1 Å². The number of nitrogens with one attached hydrogen (secondary N) is 1. The molecule has 2 saturated heterocycles. The number of benzene rings is 1. The minimum absolute atomic E-state index is 0.0715. The van der Waals surface area contributed by atoms with E-state index in [-0.39, 0.29) is 29.1 Å². The second-order valence-corrected chi connectivity index (χ2v) is 12.3. The van der Waals surface area contributed by atoms with Crippen LogP contribution in [0.5, 0.6) is 0 Å². The highest BCUT2D eigenvalue weighted by atomic mass is 19.1. The molecule has 2 N–H and O–H groups in total. The van der Waals surface area contributed by atoms with Gasteiger partial charge in [-0.05, 0) is 56.2 Å². The molecule has 2 aromatic rings. The van der Waals surface area contributed by atoms with E-state index in [2.05, 4.69) is 34.4 Å². The molecule has 10 nitrogen and oxygen atoms in total. The zero-order valence-corrected chi connectivity index (χ0v) is 24.6. The predicted octanol–water partition coefficient (Wildman–Crippen LogP) is 2.55. The van der Waals surface area contributed by atoms with Crippen molar-refractivity contribution >= 4 is 5.91 Å². The summed E-state index contributed by atoms with van der Waals surface area (Å²) in [5, 5.41) is 24.3. The maximum atomic E-state index is 14.1. The Morgan fingerprint density at radius 1 is 1.29 bits per heavy atom. The SMILES string of the molecule is COCCCCc1c(C(O)N(CC(C)C)C2CC23CNC[C@H](C(=O)N2CCOCC2)C3)nnn1-c1cccc(F)c1. The number of hydrogen-bond acceptors (Lipinski definition) is 8. The van der Waals surface area contributed by atoms with E-state index in [1.54, 1.807) is 23.9 Å². The first kappa shape index (κ1) is 30.0. The number of amides is 1. The van der Waals surface area contributed by atoms with Crippen LogP contribution in [0.25, 0.3) is 5.69 Å². The number of hydrogen-bond donors (Lipinski definition) is 2. The Kier molecular flexibility index (Phi) is 9.70. The van der Waals surface area contributed by atoms with Gasteiger partial charge in [-0.2, -0.15) is 0 Å². The van der Waals surface area contributed by atoms with E-state index >= 15 is 0 Å². The molecule has 4 atom stereocenters. The van der Waals surface area contributed by atoms with Gasteiger partial charge in [0.1, 0.15) is 11.5 Å². The van der Waals surface area contributed by atoms with Crippen LogP contribution in [0.1, 0.15) is 57.1 Å². The predicted molar refractivity (Wildman–Crippen MR) is 152 cm³/mol. The number of rotatable bonds is 12. The highest BCUT2D eigenvalue weighted by Crippen LogP contribution is 2.56. The number of aliphatic hydroxyl groups is 1. The van der Waals surface area contributed by atoms with Crippen LogP contribution < -0.4 is 5.32 Å². The van der Waals surface area contributed by atoms with Gasteiger partial charge in [0.05, 0.1) is 30.5 Å². The average molecular weight is 573 g/mol. The summed E-state index contributed by atoms with van der Waals surface area (Å²) in [6.07, 6.45) is 3.06. The molecular weight excluding hydrogens is 527 g/mol. The number of morpholine rings is 1. The van der Waals surface area contributed by atoms with Gasteiger partial charge in [-0.3, -0.25) is 9.69 Å². The number of unbranched alkanes of at least 4 members (excludes halogenated alkanes) is 1. The summed E-state index contributed by atoms with van der Waals surface area (Å²) < 4.78 is 26.5. The second-order valence-electron chi connectivity index (χ2n) is 12.3. The smallest absolute Gasteiger partial charge is 0.227 e. The molecule has 3 fully saturated rings. The maximum Gasteiger partial charge on any atom is 0.227 e. The second kappa shape index (κ2) is 13.2. The number of aliphatic hydroxyl groups excluding tert-OH is 1. The lowest BCUT2D eigenvalue weighted by Gasteiger charge is -2.37. The Morgan fingerprint density at radius 3 is 2.83 bits per heavy atom. The summed E-state index contributed by atoms with van der Waals surface area (Å²) in [5.41, 5.74) is 1.80. The van der Waals surface area contributed by atoms with Gasteiger partial charge >= 0.3 is 0 Å². The highest BCUT2D eigenvalue weighted by Gasteiger charge is 2.60. The number of methoxy groups -OCH3 is 1. The van der Waals surface area contributed by atoms with Crippen molar-refractivity contribution in [2.24, 2.45) is 17.3 Å². The Bertz CT molecular complexity index is 1170. The quantitative estimate of drug-likeness (QED) is 0.296. The largest absolute Gasteiger partial charge is 0.385 e. The van der Waals surface area contributed by atoms with E-state index in [1.807, 2.05) is 4.90 Å². The van der Waals surface area contributed by atoms with Crippen molar-refractivity contribution in [3.8, 4) is 5.69 Å². The maximum absolute atomic E-state index is 14.1. The van der Waals surface area contributed by atoms with Crippen LogP contribution >= 0.6 is 0 Å². The summed E-state index contributed by atoms with van der Waals surface area (Å²) >= 11 is 0. The first-order valence-corrected chi connectivity index (χ1v) is 15.0. The van der Waals surface area contributed by atoms with Gasteiger partial charge in [-0.15, -0.1) is 5.10 Å².